The molecule has 4 nitrogen and oxygen atoms in total. The number of aliphatic hydroxyl groups is 1. The molecule has 2 rings (SSSR count). The van der Waals surface area contributed by atoms with Crippen LogP contribution in [0.4, 0.5) is 0 Å². The van der Waals surface area contributed by atoms with Crippen molar-refractivity contribution >= 4 is 11.6 Å². The van der Waals surface area contributed by atoms with Gasteiger partial charge < -0.3 is 5.11 Å². The summed E-state index contributed by atoms with van der Waals surface area (Å²) in [6.45, 7) is -0.352. The molecule has 1 aliphatic heterocycles. The first-order valence-corrected chi connectivity index (χ1v) is 4.85. The van der Waals surface area contributed by atoms with Gasteiger partial charge in [-0.1, -0.05) is 30.3 Å². The quantitative estimate of drug-likeness (QED) is 0.780. The van der Waals surface area contributed by atoms with Crippen LogP contribution in [-0.2, 0) is 4.79 Å². The number of carbonyl (C=O) groups is 1. The third-order valence-electron chi connectivity index (χ3n) is 2.35. The summed E-state index contributed by atoms with van der Waals surface area (Å²) in [7, 11) is 0. The van der Waals surface area contributed by atoms with Gasteiger partial charge in [-0.3, -0.25) is 4.79 Å². The summed E-state index contributed by atoms with van der Waals surface area (Å²) >= 11 is 0. The third kappa shape index (κ3) is 2.05. The lowest BCUT2D eigenvalue weighted by Gasteiger charge is -2.21. The van der Waals surface area contributed by atoms with E-state index >= 15 is 0 Å². The molecule has 0 aromatic heterocycles. The van der Waals surface area contributed by atoms with E-state index < -0.39 is 0 Å². The van der Waals surface area contributed by atoms with Crippen LogP contribution in [-0.4, -0.2) is 28.5 Å². The van der Waals surface area contributed by atoms with Crippen molar-refractivity contribution < 1.29 is 9.90 Å². The van der Waals surface area contributed by atoms with Crippen molar-refractivity contribution in [2.75, 3.05) is 6.73 Å². The van der Waals surface area contributed by atoms with Gasteiger partial charge in [0, 0.05) is 12.8 Å². The van der Waals surface area contributed by atoms with Gasteiger partial charge in [-0.2, -0.15) is 5.10 Å². The van der Waals surface area contributed by atoms with Crippen molar-refractivity contribution in [2.45, 2.75) is 12.8 Å². The summed E-state index contributed by atoms with van der Waals surface area (Å²) in [4.78, 5) is 11.3. The summed E-state index contributed by atoms with van der Waals surface area (Å²) in [5.41, 5.74) is 1.85. The van der Waals surface area contributed by atoms with Gasteiger partial charge in [0.25, 0.3) is 0 Å². The molecule has 1 heterocycles. The van der Waals surface area contributed by atoms with E-state index in [2.05, 4.69) is 5.10 Å². The Kier molecular flexibility index (Phi) is 2.78. The molecule has 1 aromatic rings. The smallest absolute Gasteiger partial charge is 0.245 e. The van der Waals surface area contributed by atoms with E-state index in [0.717, 1.165) is 16.3 Å². The summed E-state index contributed by atoms with van der Waals surface area (Å²) in [6.07, 6.45) is 1.05. The highest BCUT2D eigenvalue weighted by atomic mass is 16.3. The fourth-order valence-electron chi connectivity index (χ4n) is 1.55. The zero-order chi connectivity index (χ0) is 10.7. The fraction of sp³-hybridized carbons (Fsp3) is 0.273. The number of hydrogen-bond acceptors (Lipinski definition) is 3. The van der Waals surface area contributed by atoms with E-state index in [-0.39, 0.29) is 12.6 Å². The zero-order valence-corrected chi connectivity index (χ0v) is 8.26. The normalized spacial score (nSPS) is 16.5. The molecule has 0 saturated heterocycles. The number of amides is 1. The highest BCUT2D eigenvalue weighted by Crippen LogP contribution is 2.14. The standard InChI is InChI=1S/C11H12N2O2/c14-8-13-11(15)7-6-10(12-13)9-4-2-1-3-5-9/h1-5,14H,6-8H2. The lowest BCUT2D eigenvalue weighted by molar-refractivity contribution is -0.135. The van der Waals surface area contributed by atoms with Crippen LogP contribution in [0.2, 0.25) is 0 Å². The number of hydrogen-bond donors (Lipinski definition) is 1. The summed E-state index contributed by atoms with van der Waals surface area (Å²) in [6, 6.07) is 9.69. The molecule has 1 N–H and O–H groups in total. The van der Waals surface area contributed by atoms with Crippen LogP contribution in [0, 0.1) is 0 Å². The third-order valence-corrected chi connectivity index (χ3v) is 2.35. The highest BCUT2D eigenvalue weighted by molar-refractivity contribution is 6.04. The first kappa shape index (κ1) is 9.86. The number of hydrazone groups is 1. The van der Waals surface area contributed by atoms with E-state index in [9.17, 15) is 4.79 Å². The number of benzene rings is 1. The molecule has 0 aliphatic carbocycles. The molecule has 0 saturated carbocycles. The van der Waals surface area contributed by atoms with Crippen LogP contribution in [0.1, 0.15) is 18.4 Å². The largest absolute Gasteiger partial charge is 0.374 e. The highest BCUT2D eigenvalue weighted by Gasteiger charge is 2.19. The summed E-state index contributed by atoms with van der Waals surface area (Å²) < 4.78 is 0. The number of nitrogens with zero attached hydrogens (tertiary/aromatic N) is 2. The SMILES string of the molecule is O=C1CCC(c2ccccc2)=NN1CO. The number of rotatable bonds is 2. The number of aliphatic hydroxyl groups excluding tert-OH is 1. The maximum absolute atomic E-state index is 11.3. The second-order valence-electron chi connectivity index (χ2n) is 3.35. The lowest BCUT2D eigenvalue weighted by Crippen LogP contribution is -2.32. The lowest BCUT2D eigenvalue weighted by atomic mass is 10.0. The molecule has 1 aliphatic rings. The molecule has 1 aromatic carbocycles. The van der Waals surface area contributed by atoms with Crippen molar-refractivity contribution in [3.63, 3.8) is 0 Å². The topological polar surface area (TPSA) is 52.9 Å². The minimum Gasteiger partial charge on any atom is -0.374 e. The molecular weight excluding hydrogens is 192 g/mol. The first-order chi connectivity index (χ1) is 7.31. The minimum absolute atomic E-state index is 0.128. The van der Waals surface area contributed by atoms with Crippen molar-refractivity contribution in [1.82, 2.24) is 5.01 Å². The van der Waals surface area contributed by atoms with E-state index in [1.54, 1.807) is 0 Å². The van der Waals surface area contributed by atoms with Crippen LogP contribution < -0.4 is 0 Å². The van der Waals surface area contributed by atoms with Gasteiger partial charge in [-0.25, -0.2) is 5.01 Å². The van der Waals surface area contributed by atoms with Crippen LogP contribution in [0.25, 0.3) is 0 Å². The van der Waals surface area contributed by atoms with Gasteiger partial charge in [0.15, 0.2) is 0 Å². The van der Waals surface area contributed by atoms with Crippen LogP contribution in [0.15, 0.2) is 35.4 Å². The Balaban J connectivity index is 2.27. The molecule has 0 atom stereocenters. The van der Waals surface area contributed by atoms with Gasteiger partial charge in [0.2, 0.25) is 5.91 Å². The second kappa shape index (κ2) is 4.23. The summed E-state index contributed by atoms with van der Waals surface area (Å²) in [5.74, 6) is -0.128. The van der Waals surface area contributed by atoms with Crippen molar-refractivity contribution in [2.24, 2.45) is 5.10 Å². The molecule has 0 fully saturated rings. The Labute approximate surface area is 87.8 Å². The first-order valence-electron chi connectivity index (χ1n) is 4.85. The number of carbonyl (C=O) groups excluding carboxylic acids is 1. The van der Waals surface area contributed by atoms with Gasteiger partial charge >= 0.3 is 0 Å². The Morgan fingerprint density at radius 3 is 2.67 bits per heavy atom. The molecular formula is C11H12N2O2. The zero-order valence-electron chi connectivity index (χ0n) is 8.26. The molecule has 0 radical (unpaired) electrons. The Morgan fingerprint density at radius 2 is 2.00 bits per heavy atom. The van der Waals surface area contributed by atoms with E-state index in [0.29, 0.717) is 12.8 Å². The predicted molar refractivity (Wildman–Crippen MR) is 56.1 cm³/mol. The van der Waals surface area contributed by atoms with Crippen LogP contribution >= 0.6 is 0 Å². The Morgan fingerprint density at radius 1 is 1.27 bits per heavy atom. The van der Waals surface area contributed by atoms with Gasteiger partial charge in [0.05, 0.1) is 5.71 Å². The molecule has 1 amide bonds. The van der Waals surface area contributed by atoms with E-state index in [4.69, 9.17) is 5.11 Å². The average Bonchev–Trinajstić information content (AvgIpc) is 2.31. The maximum atomic E-state index is 11.3. The monoisotopic (exact) mass is 204 g/mol. The predicted octanol–water partition coefficient (Wildman–Crippen LogP) is 0.963. The average molecular weight is 204 g/mol. The van der Waals surface area contributed by atoms with Gasteiger partial charge in [-0.15, -0.1) is 0 Å². The fourth-order valence-corrected chi connectivity index (χ4v) is 1.55. The molecule has 0 unspecified atom stereocenters. The van der Waals surface area contributed by atoms with Gasteiger partial charge in [0.1, 0.15) is 6.73 Å². The van der Waals surface area contributed by atoms with Crippen LogP contribution in [0.3, 0.4) is 0 Å². The Hall–Kier alpha value is -1.68. The summed E-state index contributed by atoms with van der Waals surface area (Å²) in [5, 5.41) is 14.1. The minimum atomic E-state index is -0.352. The van der Waals surface area contributed by atoms with Crippen molar-refractivity contribution in [1.29, 1.82) is 0 Å². The molecule has 0 bridgehead atoms. The second-order valence-corrected chi connectivity index (χ2v) is 3.35. The van der Waals surface area contributed by atoms with E-state index in [1.807, 2.05) is 30.3 Å². The molecule has 4 heteroatoms. The molecule has 78 valence electrons. The molecule has 15 heavy (non-hydrogen) atoms. The molecule has 0 spiro atoms. The van der Waals surface area contributed by atoms with Crippen molar-refractivity contribution in [3.8, 4) is 0 Å². The van der Waals surface area contributed by atoms with Crippen molar-refractivity contribution in [3.05, 3.63) is 35.9 Å². The maximum Gasteiger partial charge on any atom is 0.245 e. The van der Waals surface area contributed by atoms with Gasteiger partial charge in [-0.05, 0) is 5.56 Å². The van der Waals surface area contributed by atoms with E-state index in [1.165, 1.54) is 0 Å². The van der Waals surface area contributed by atoms with Crippen LogP contribution in [0.5, 0.6) is 0 Å². The Bertz CT molecular complexity index is 387.